The number of aromatic nitrogens is 3. The molecule has 254 valence electrons. The topological polar surface area (TPSA) is 30.7 Å². The summed E-state index contributed by atoms with van der Waals surface area (Å²) in [6.07, 6.45) is 0. The second kappa shape index (κ2) is 11.6. The summed E-state index contributed by atoms with van der Waals surface area (Å²) >= 11 is 0. The normalized spacial score (nSPS) is 13.1. The van der Waals surface area contributed by atoms with Crippen molar-refractivity contribution in [2.75, 3.05) is 0 Å². The van der Waals surface area contributed by atoms with E-state index in [1.54, 1.807) is 0 Å². The molecule has 8 aromatic carbocycles. The van der Waals surface area contributed by atoms with Crippen LogP contribution in [0.5, 0.6) is 0 Å². The fourth-order valence-corrected chi connectivity index (χ4v) is 8.80. The predicted octanol–water partition coefficient (Wildman–Crippen LogP) is 13.2. The molecule has 0 aliphatic heterocycles. The van der Waals surface area contributed by atoms with Gasteiger partial charge in [0.2, 0.25) is 0 Å². The van der Waals surface area contributed by atoms with E-state index in [4.69, 9.17) is 9.97 Å². The number of nitrogens with zero attached hydrogens (tertiary/aromatic N) is 3. The summed E-state index contributed by atoms with van der Waals surface area (Å²) in [7, 11) is 0. The van der Waals surface area contributed by atoms with E-state index in [2.05, 4.69) is 188 Å². The van der Waals surface area contributed by atoms with Crippen molar-refractivity contribution in [1.82, 2.24) is 14.5 Å². The Bertz CT molecular complexity index is 3120. The molecule has 3 heteroatoms. The second-order valence-electron chi connectivity index (χ2n) is 15.0. The lowest BCUT2D eigenvalue weighted by atomic mass is 9.81. The fourth-order valence-electron chi connectivity index (χ4n) is 8.80. The van der Waals surface area contributed by atoms with Gasteiger partial charge in [0.1, 0.15) is 5.69 Å². The number of rotatable bonds is 4. The van der Waals surface area contributed by atoms with Gasteiger partial charge in [0, 0.05) is 21.8 Å². The molecule has 0 amide bonds. The highest BCUT2D eigenvalue weighted by molar-refractivity contribution is 6.15. The third kappa shape index (κ3) is 4.61. The van der Waals surface area contributed by atoms with E-state index in [0.717, 1.165) is 50.3 Å². The van der Waals surface area contributed by atoms with Gasteiger partial charge in [0.05, 0.1) is 22.1 Å². The Morgan fingerprint density at radius 1 is 0.407 bits per heavy atom. The van der Waals surface area contributed by atoms with Gasteiger partial charge in [-0.15, -0.1) is 0 Å². The van der Waals surface area contributed by atoms with Crippen LogP contribution in [-0.2, 0) is 5.41 Å². The number of hydrogen-bond acceptors (Lipinski definition) is 2. The summed E-state index contributed by atoms with van der Waals surface area (Å²) in [6.45, 7) is 4.70. The van der Waals surface area contributed by atoms with E-state index in [1.807, 2.05) is 6.07 Å². The van der Waals surface area contributed by atoms with Gasteiger partial charge in [0.15, 0.2) is 5.82 Å². The van der Waals surface area contributed by atoms with Crippen molar-refractivity contribution in [2.24, 2.45) is 0 Å². The standard InChI is InChI=1S/C51H35N3/c1-51(2)43-20-12-11-19-39(43)40-24-21-37(29-44(40)51)36-23-26-47-41(28-36)42-27-34-17-9-10-18-35(34)31-48(42)54(47)50-49(33-15-7-4-8-16-33)52-46-30-38(22-25-45(46)53-50)32-13-5-3-6-14-32/h3-31H,1-2H3. The molecule has 0 fully saturated rings. The molecule has 2 heterocycles. The van der Waals surface area contributed by atoms with E-state index in [9.17, 15) is 0 Å². The Hall–Kier alpha value is -6.84. The maximum Gasteiger partial charge on any atom is 0.165 e. The summed E-state index contributed by atoms with van der Waals surface area (Å²) in [5.74, 6) is 0.821. The van der Waals surface area contributed by atoms with Crippen LogP contribution in [-0.4, -0.2) is 14.5 Å². The Morgan fingerprint density at radius 2 is 1.02 bits per heavy atom. The zero-order chi connectivity index (χ0) is 36.0. The van der Waals surface area contributed by atoms with Crippen LogP contribution in [0.15, 0.2) is 176 Å². The third-order valence-corrected chi connectivity index (χ3v) is 11.6. The zero-order valence-electron chi connectivity index (χ0n) is 30.1. The quantitative estimate of drug-likeness (QED) is 0.184. The summed E-state index contributed by atoms with van der Waals surface area (Å²) in [5.41, 5.74) is 15.9. The highest BCUT2D eigenvalue weighted by Crippen LogP contribution is 2.50. The van der Waals surface area contributed by atoms with Crippen LogP contribution in [0.2, 0.25) is 0 Å². The van der Waals surface area contributed by atoms with Crippen LogP contribution in [0.1, 0.15) is 25.0 Å². The van der Waals surface area contributed by atoms with Crippen molar-refractivity contribution in [1.29, 1.82) is 0 Å². The molecule has 0 saturated carbocycles. The van der Waals surface area contributed by atoms with Crippen molar-refractivity contribution < 1.29 is 0 Å². The van der Waals surface area contributed by atoms with Gasteiger partial charge in [-0.25, -0.2) is 9.97 Å². The van der Waals surface area contributed by atoms with Crippen LogP contribution in [0, 0.1) is 0 Å². The van der Waals surface area contributed by atoms with Crippen LogP contribution in [0.4, 0.5) is 0 Å². The molecule has 2 aromatic heterocycles. The molecular weight excluding hydrogens is 655 g/mol. The van der Waals surface area contributed by atoms with Gasteiger partial charge in [0.25, 0.3) is 0 Å². The van der Waals surface area contributed by atoms with Crippen molar-refractivity contribution >= 4 is 43.6 Å². The first-order chi connectivity index (χ1) is 26.5. The first-order valence-corrected chi connectivity index (χ1v) is 18.7. The second-order valence-corrected chi connectivity index (χ2v) is 15.0. The van der Waals surface area contributed by atoms with Crippen molar-refractivity contribution in [2.45, 2.75) is 19.3 Å². The first kappa shape index (κ1) is 30.8. The van der Waals surface area contributed by atoms with Gasteiger partial charge >= 0.3 is 0 Å². The van der Waals surface area contributed by atoms with Gasteiger partial charge < -0.3 is 0 Å². The smallest absolute Gasteiger partial charge is 0.165 e. The highest BCUT2D eigenvalue weighted by Gasteiger charge is 2.35. The Labute approximate surface area is 313 Å². The summed E-state index contributed by atoms with van der Waals surface area (Å²) in [6, 6.07) is 63.5. The fraction of sp³-hybridized carbons (Fsp3) is 0.0588. The lowest BCUT2D eigenvalue weighted by Crippen LogP contribution is -2.14. The molecule has 3 nitrogen and oxygen atoms in total. The molecule has 0 spiro atoms. The molecule has 0 bridgehead atoms. The molecule has 0 radical (unpaired) electrons. The summed E-state index contributed by atoms with van der Waals surface area (Å²) in [5, 5.41) is 4.79. The molecule has 1 aliphatic rings. The number of benzene rings is 8. The Balaban J connectivity index is 1.16. The average molecular weight is 690 g/mol. The van der Waals surface area contributed by atoms with E-state index >= 15 is 0 Å². The van der Waals surface area contributed by atoms with E-state index in [-0.39, 0.29) is 5.41 Å². The molecule has 0 unspecified atom stereocenters. The van der Waals surface area contributed by atoms with Crippen molar-refractivity contribution in [3.8, 4) is 50.5 Å². The molecule has 0 N–H and O–H groups in total. The molecule has 1 aliphatic carbocycles. The largest absolute Gasteiger partial charge is 0.292 e. The zero-order valence-corrected chi connectivity index (χ0v) is 30.1. The van der Waals surface area contributed by atoms with Crippen LogP contribution in [0.25, 0.3) is 94.1 Å². The lowest BCUT2D eigenvalue weighted by molar-refractivity contribution is 0.660. The minimum absolute atomic E-state index is 0.0641. The lowest BCUT2D eigenvalue weighted by Gasteiger charge is -2.22. The van der Waals surface area contributed by atoms with Gasteiger partial charge in [-0.2, -0.15) is 0 Å². The SMILES string of the molecule is CC1(C)c2ccccc2-c2ccc(-c3ccc4c(c3)c3cc5ccccc5cc3n4-c3nc4ccc(-c5ccccc5)cc4nc3-c3ccccc3)cc21. The predicted molar refractivity (Wildman–Crippen MR) is 225 cm³/mol. The first-order valence-electron chi connectivity index (χ1n) is 18.7. The maximum absolute atomic E-state index is 5.47. The minimum atomic E-state index is -0.0641. The minimum Gasteiger partial charge on any atom is -0.292 e. The van der Waals surface area contributed by atoms with E-state index in [1.165, 1.54) is 54.9 Å². The third-order valence-electron chi connectivity index (χ3n) is 11.6. The van der Waals surface area contributed by atoms with Crippen LogP contribution < -0.4 is 0 Å². The monoisotopic (exact) mass is 689 g/mol. The summed E-state index contributed by atoms with van der Waals surface area (Å²) < 4.78 is 2.34. The van der Waals surface area contributed by atoms with Crippen molar-refractivity contribution in [3.05, 3.63) is 187 Å². The van der Waals surface area contributed by atoms with Gasteiger partial charge in [-0.05, 0) is 97.7 Å². The average Bonchev–Trinajstić information content (AvgIpc) is 3.66. The molecule has 0 saturated heterocycles. The number of hydrogen-bond donors (Lipinski definition) is 0. The van der Waals surface area contributed by atoms with Gasteiger partial charge in [-0.1, -0.05) is 147 Å². The Morgan fingerprint density at radius 3 is 1.83 bits per heavy atom. The molecular formula is C51H35N3. The van der Waals surface area contributed by atoms with E-state index < -0.39 is 0 Å². The van der Waals surface area contributed by atoms with Crippen LogP contribution >= 0.6 is 0 Å². The summed E-state index contributed by atoms with van der Waals surface area (Å²) in [4.78, 5) is 10.9. The molecule has 10 aromatic rings. The van der Waals surface area contributed by atoms with E-state index in [0.29, 0.717) is 0 Å². The number of fused-ring (bicyclic) bond motifs is 8. The van der Waals surface area contributed by atoms with Crippen LogP contribution in [0.3, 0.4) is 0 Å². The Kier molecular flexibility index (Phi) is 6.60. The molecule has 54 heavy (non-hydrogen) atoms. The molecule has 0 atom stereocenters. The van der Waals surface area contributed by atoms with Crippen molar-refractivity contribution in [3.63, 3.8) is 0 Å². The molecule has 11 rings (SSSR count). The maximum atomic E-state index is 5.47. The van der Waals surface area contributed by atoms with Gasteiger partial charge in [-0.3, -0.25) is 4.57 Å². The highest BCUT2D eigenvalue weighted by atomic mass is 15.1.